The van der Waals surface area contributed by atoms with Crippen LogP contribution in [0, 0.1) is 5.92 Å². The fourth-order valence-electron chi connectivity index (χ4n) is 1.79. The Morgan fingerprint density at radius 2 is 1.80 bits per heavy atom. The van der Waals surface area contributed by atoms with E-state index in [0.717, 1.165) is 16.4 Å². The average Bonchev–Trinajstić information content (AvgIpc) is 2.38. The largest absolute Gasteiger partial charge is 0.423 e. The quantitative estimate of drug-likeness (QED) is 0.550. The minimum Gasteiger partial charge on any atom is -0.423 e. The predicted octanol–water partition coefficient (Wildman–Crippen LogP) is 1.25. The lowest BCUT2D eigenvalue weighted by atomic mass is 9.90. The highest BCUT2D eigenvalue weighted by atomic mass is 28.2. The molecule has 0 amide bonds. The Hall–Kier alpha value is 0.177. The zero-order chi connectivity index (χ0) is 7.61. The highest BCUT2D eigenvalue weighted by Gasteiger charge is 2.30. The van der Waals surface area contributed by atoms with E-state index in [1.165, 1.54) is 25.7 Å². The van der Waals surface area contributed by atoms with Gasteiger partial charge in [-0.25, -0.2) is 0 Å². The maximum atomic E-state index is 5.56. The summed E-state index contributed by atoms with van der Waals surface area (Å²) in [6, 6.07) is 0. The van der Waals surface area contributed by atoms with Crippen molar-refractivity contribution in [2.45, 2.75) is 45.1 Å². The second-order valence-electron chi connectivity index (χ2n) is 3.79. The van der Waals surface area contributed by atoms with Crippen LogP contribution < -0.4 is 0 Å². The summed E-state index contributed by atoms with van der Waals surface area (Å²) < 4.78 is 5.56. The zero-order valence-electron chi connectivity index (χ0n) is 7.31. The van der Waals surface area contributed by atoms with Gasteiger partial charge in [-0.1, -0.05) is 12.8 Å². The van der Waals surface area contributed by atoms with Crippen molar-refractivity contribution < 1.29 is 4.43 Å². The van der Waals surface area contributed by atoms with Crippen molar-refractivity contribution in [3.05, 3.63) is 0 Å². The predicted molar refractivity (Wildman–Crippen MR) is 47.1 cm³/mol. The van der Waals surface area contributed by atoms with Gasteiger partial charge in [-0.3, -0.25) is 0 Å². The Labute approximate surface area is 66.7 Å². The van der Waals surface area contributed by atoms with Crippen molar-refractivity contribution in [2.24, 2.45) is 5.92 Å². The second kappa shape index (κ2) is 3.05. The van der Waals surface area contributed by atoms with E-state index in [1.54, 1.807) is 0 Å². The van der Waals surface area contributed by atoms with Crippen molar-refractivity contribution in [2.75, 3.05) is 0 Å². The van der Waals surface area contributed by atoms with Gasteiger partial charge in [-0.2, -0.15) is 0 Å². The fraction of sp³-hybridized carbons (Fsp3) is 1.00. The first kappa shape index (κ1) is 8.28. The Balaban J connectivity index is 2.45. The van der Waals surface area contributed by atoms with Crippen LogP contribution in [0.25, 0.3) is 0 Å². The van der Waals surface area contributed by atoms with Crippen LogP contribution in [0.5, 0.6) is 0 Å². The molecule has 0 bridgehead atoms. The van der Waals surface area contributed by atoms with Crippen LogP contribution in [0.2, 0.25) is 0 Å². The molecule has 0 aliphatic heterocycles. The first-order valence-corrected chi connectivity index (χ1v) is 5.03. The third-order valence-corrected chi connectivity index (χ3v) is 3.92. The van der Waals surface area contributed by atoms with Gasteiger partial charge in [0.2, 0.25) is 0 Å². The molecule has 60 valence electrons. The topological polar surface area (TPSA) is 9.23 Å². The van der Waals surface area contributed by atoms with Gasteiger partial charge in [0, 0.05) is 0 Å². The SMILES string of the molecule is CC(C)(O[SiH3])C1CCCC1. The van der Waals surface area contributed by atoms with Crippen LogP contribution >= 0.6 is 0 Å². The summed E-state index contributed by atoms with van der Waals surface area (Å²) in [6.07, 6.45) is 5.60. The summed E-state index contributed by atoms with van der Waals surface area (Å²) in [6.45, 7) is 4.46. The van der Waals surface area contributed by atoms with Gasteiger partial charge in [-0.05, 0) is 32.6 Å². The van der Waals surface area contributed by atoms with E-state index in [0.29, 0.717) is 0 Å². The molecule has 0 N–H and O–H groups in total. The zero-order valence-corrected chi connectivity index (χ0v) is 9.31. The summed E-state index contributed by atoms with van der Waals surface area (Å²) in [7, 11) is 0.882. The minimum atomic E-state index is 0.183. The van der Waals surface area contributed by atoms with Gasteiger partial charge in [0.25, 0.3) is 0 Å². The van der Waals surface area contributed by atoms with Crippen LogP contribution in [0.1, 0.15) is 39.5 Å². The molecule has 1 aliphatic carbocycles. The molecule has 1 nitrogen and oxygen atoms in total. The van der Waals surface area contributed by atoms with E-state index >= 15 is 0 Å². The second-order valence-corrected chi connectivity index (χ2v) is 4.20. The maximum absolute atomic E-state index is 5.56. The lowest BCUT2D eigenvalue weighted by molar-refractivity contribution is 0.0562. The number of hydrogen-bond donors (Lipinski definition) is 0. The van der Waals surface area contributed by atoms with E-state index in [1.807, 2.05) is 0 Å². The molecule has 0 aromatic carbocycles. The molecule has 0 heterocycles. The van der Waals surface area contributed by atoms with Crippen molar-refractivity contribution >= 4 is 10.5 Å². The Morgan fingerprint density at radius 3 is 2.20 bits per heavy atom. The molecular weight excluding hydrogens is 140 g/mol. The lowest BCUT2D eigenvalue weighted by Gasteiger charge is -2.30. The van der Waals surface area contributed by atoms with Gasteiger partial charge in [-0.15, -0.1) is 0 Å². The third kappa shape index (κ3) is 1.61. The van der Waals surface area contributed by atoms with Gasteiger partial charge < -0.3 is 4.43 Å². The molecule has 1 fully saturated rings. The fourth-order valence-corrected chi connectivity index (χ4v) is 2.12. The van der Waals surface area contributed by atoms with Crippen LogP contribution in [0.15, 0.2) is 0 Å². The van der Waals surface area contributed by atoms with E-state index in [-0.39, 0.29) is 5.60 Å². The summed E-state index contributed by atoms with van der Waals surface area (Å²) in [5, 5.41) is 0. The van der Waals surface area contributed by atoms with E-state index < -0.39 is 0 Å². The molecule has 0 unspecified atom stereocenters. The van der Waals surface area contributed by atoms with Crippen molar-refractivity contribution in [3.63, 3.8) is 0 Å². The molecule has 1 rings (SSSR count). The van der Waals surface area contributed by atoms with Gasteiger partial charge in [0.05, 0.1) is 5.60 Å². The highest BCUT2D eigenvalue weighted by Crippen LogP contribution is 2.35. The number of rotatable bonds is 2. The molecule has 0 aromatic heterocycles. The van der Waals surface area contributed by atoms with E-state index in [4.69, 9.17) is 4.43 Å². The van der Waals surface area contributed by atoms with E-state index in [2.05, 4.69) is 13.8 Å². The molecule has 1 saturated carbocycles. The molecular formula is C8H18OSi. The minimum absolute atomic E-state index is 0.183. The van der Waals surface area contributed by atoms with Crippen molar-refractivity contribution in [3.8, 4) is 0 Å². The first-order chi connectivity index (χ1) is 4.67. The smallest absolute Gasteiger partial charge is 0.146 e. The van der Waals surface area contributed by atoms with Crippen LogP contribution in [0.3, 0.4) is 0 Å². The molecule has 2 heteroatoms. The third-order valence-electron chi connectivity index (χ3n) is 2.86. The molecule has 1 aliphatic rings. The summed E-state index contributed by atoms with van der Waals surface area (Å²) >= 11 is 0. The number of hydrogen-bond acceptors (Lipinski definition) is 1. The van der Waals surface area contributed by atoms with Gasteiger partial charge in [0.15, 0.2) is 0 Å². The van der Waals surface area contributed by atoms with Crippen LogP contribution in [-0.4, -0.2) is 16.1 Å². The standard InChI is InChI=1S/C8H18OSi/c1-8(2,9-10)7-5-3-4-6-7/h7H,3-6H2,1-2,10H3. The van der Waals surface area contributed by atoms with E-state index in [9.17, 15) is 0 Å². The highest BCUT2D eigenvalue weighted by molar-refractivity contribution is 5.98. The van der Waals surface area contributed by atoms with Crippen molar-refractivity contribution in [1.29, 1.82) is 0 Å². The lowest BCUT2D eigenvalue weighted by Crippen LogP contribution is -2.31. The molecule has 0 atom stereocenters. The molecule has 0 aromatic rings. The Morgan fingerprint density at radius 1 is 1.30 bits per heavy atom. The summed E-state index contributed by atoms with van der Waals surface area (Å²) in [4.78, 5) is 0. The molecule has 0 radical (unpaired) electrons. The monoisotopic (exact) mass is 158 g/mol. The molecule has 0 saturated heterocycles. The van der Waals surface area contributed by atoms with Crippen LogP contribution in [-0.2, 0) is 4.43 Å². The summed E-state index contributed by atoms with van der Waals surface area (Å²) in [5.74, 6) is 0.838. The van der Waals surface area contributed by atoms with Crippen LogP contribution in [0.4, 0.5) is 0 Å². The maximum Gasteiger partial charge on any atom is 0.146 e. The molecule has 0 spiro atoms. The normalized spacial score (nSPS) is 22.2. The first-order valence-electron chi connectivity index (χ1n) is 4.22. The Bertz CT molecular complexity index is 106. The van der Waals surface area contributed by atoms with Gasteiger partial charge >= 0.3 is 0 Å². The molecule has 10 heavy (non-hydrogen) atoms. The average molecular weight is 158 g/mol. The van der Waals surface area contributed by atoms with Crippen molar-refractivity contribution in [1.82, 2.24) is 0 Å². The Kier molecular flexibility index (Phi) is 2.53. The van der Waals surface area contributed by atoms with Gasteiger partial charge in [0.1, 0.15) is 10.5 Å². The summed E-state index contributed by atoms with van der Waals surface area (Å²) in [5.41, 5.74) is 0.183.